The number of hydrogen-bond acceptors (Lipinski definition) is 1. The van der Waals surface area contributed by atoms with Gasteiger partial charge in [-0.2, -0.15) is 13.2 Å². The molecule has 0 saturated heterocycles. The van der Waals surface area contributed by atoms with Gasteiger partial charge in [-0.25, -0.2) is 0 Å². The van der Waals surface area contributed by atoms with Crippen molar-refractivity contribution in [1.82, 2.24) is 0 Å². The van der Waals surface area contributed by atoms with Crippen LogP contribution in [0.1, 0.15) is 5.56 Å². The van der Waals surface area contributed by atoms with Crippen LogP contribution in [0.15, 0.2) is 60.9 Å². The van der Waals surface area contributed by atoms with E-state index in [0.717, 1.165) is 6.26 Å². The van der Waals surface area contributed by atoms with Gasteiger partial charge in [0.2, 0.25) is 0 Å². The molecule has 0 fully saturated rings. The first kappa shape index (κ1) is 16.7. The summed E-state index contributed by atoms with van der Waals surface area (Å²) in [6.45, 7) is 0. The summed E-state index contributed by atoms with van der Waals surface area (Å²) >= 11 is 11.4. The largest absolute Gasteiger partial charge is 0.465 e. The third-order valence-corrected chi connectivity index (χ3v) is 3.50. The van der Waals surface area contributed by atoms with Gasteiger partial charge < -0.3 is 4.74 Å². The van der Waals surface area contributed by atoms with E-state index >= 15 is 0 Å². The summed E-state index contributed by atoms with van der Waals surface area (Å²) in [5.74, 6) is 0.326. The van der Waals surface area contributed by atoms with Crippen LogP contribution in [0.3, 0.4) is 0 Å². The van der Waals surface area contributed by atoms with E-state index in [9.17, 15) is 13.2 Å². The highest BCUT2D eigenvalue weighted by atomic mass is 35.5. The first-order valence-corrected chi connectivity index (χ1v) is 7.08. The minimum Gasteiger partial charge on any atom is -0.465 e. The predicted molar refractivity (Wildman–Crippen MR) is 82.2 cm³/mol. The minimum atomic E-state index is -4.58. The molecule has 2 aromatic rings. The second kappa shape index (κ2) is 7.07. The van der Waals surface area contributed by atoms with Gasteiger partial charge in [0, 0.05) is 10.6 Å². The van der Waals surface area contributed by atoms with Gasteiger partial charge in [0.15, 0.2) is 5.38 Å². The lowest BCUT2D eigenvalue weighted by atomic mass is 10.0. The molecule has 0 heterocycles. The molecule has 2 aromatic carbocycles. The van der Waals surface area contributed by atoms with Gasteiger partial charge in [-0.1, -0.05) is 48.0 Å². The molecule has 0 radical (unpaired) electrons. The van der Waals surface area contributed by atoms with Crippen molar-refractivity contribution >= 4 is 28.8 Å². The van der Waals surface area contributed by atoms with Crippen LogP contribution >= 0.6 is 23.2 Å². The highest BCUT2D eigenvalue weighted by molar-refractivity contribution is 6.30. The number of hydrogen-bond donors (Lipinski definition) is 0. The average Bonchev–Trinajstić information content (AvgIpc) is 2.47. The van der Waals surface area contributed by atoms with E-state index in [4.69, 9.17) is 27.9 Å². The second-order valence-corrected chi connectivity index (χ2v) is 5.29. The van der Waals surface area contributed by atoms with Gasteiger partial charge in [0.1, 0.15) is 5.75 Å². The van der Waals surface area contributed by atoms with Crippen molar-refractivity contribution in [2.45, 2.75) is 11.6 Å². The summed E-state index contributed by atoms with van der Waals surface area (Å²) in [4.78, 5) is 0. The highest BCUT2D eigenvalue weighted by Crippen LogP contribution is 2.35. The molecule has 0 bridgehead atoms. The molecule has 0 aliphatic carbocycles. The SMILES string of the molecule is FC(F)(F)[C@@H](Cl)/C(=C\Oc1cccc(Cl)c1)c1ccccc1. The van der Waals surface area contributed by atoms with E-state index in [0.29, 0.717) is 16.3 Å². The molecule has 1 atom stereocenters. The lowest BCUT2D eigenvalue weighted by Gasteiger charge is -2.17. The Morgan fingerprint density at radius 3 is 2.32 bits per heavy atom. The number of rotatable bonds is 4. The predicted octanol–water partition coefficient (Wildman–Crippen LogP) is 5.93. The highest BCUT2D eigenvalue weighted by Gasteiger charge is 2.41. The smallest absolute Gasteiger partial charge is 0.409 e. The average molecular weight is 347 g/mol. The molecule has 0 aromatic heterocycles. The first-order valence-electron chi connectivity index (χ1n) is 6.26. The number of halogens is 5. The topological polar surface area (TPSA) is 9.23 Å². The Kier molecular flexibility index (Phi) is 5.37. The van der Waals surface area contributed by atoms with Crippen molar-refractivity contribution < 1.29 is 17.9 Å². The Balaban J connectivity index is 2.34. The Hall–Kier alpha value is -1.65. The molecule has 2 rings (SSSR count). The van der Waals surface area contributed by atoms with Crippen LogP contribution in [0.2, 0.25) is 5.02 Å². The summed E-state index contributed by atoms with van der Waals surface area (Å²) < 4.78 is 44.1. The Labute approximate surface area is 135 Å². The molecule has 0 unspecified atom stereocenters. The van der Waals surface area contributed by atoms with E-state index in [1.54, 1.807) is 36.4 Å². The van der Waals surface area contributed by atoms with Crippen molar-refractivity contribution in [2.24, 2.45) is 0 Å². The van der Waals surface area contributed by atoms with E-state index < -0.39 is 11.6 Å². The molecule has 0 aliphatic rings. The fourth-order valence-electron chi connectivity index (χ4n) is 1.75. The summed E-state index contributed by atoms with van der Waals surface area (Å²) in [6, 6.07) is 14.4. The van der Waals surface area contributed by atoms with Crippen molar-refractivity contribution in [3.05, 3.63) is 71.4 Å². The number of alkyl halides is 4. The maximum absolute atomic E-state index is 12.9. The fourth-order valence-corrected chi connectivity index (χ4v) is 2.11. The van der Waals surface area contributed by atoms with Gasteiger partial charge in [0.05, 0.1) is 6.26 Å². The molecule has 22 heavy (non-hydrogen) atoms. The summed E-state index contributed by atoms with van der Waals surface area (Å²) in [5, 5.41) is -1.75. The zero-order valence-corrected chi connectivity index (χ0v) is 12.7. The van der Waals surface area contributed by atoms with Gasteiger partial charge in [-0.05, 0) is 23.8 Å². The molecule has 0 N–H and O–H groups in total. The summed E-state index contributed by atoms with van der Waals surface area (Å²) in [7, 11) is 0. The normalized spacial score (nSPS) is 13.8. The standard InChI is InChI=1S/C16H11Cl2F3O/c17-12-7-4-8-13(9-12)22-10-14(15(18)16(19,20)21)11-5-2-1-3-6-11/h1-10,15H/b14-10-/t15-/m0/s1. The monoisotopic (exact) mass is 346 g/mol. The molecule has 0 spiro atoms. The Bertz CT molecular complexity index is 654. The van der Waals surface area contributed by atoms with E-state index in [2.05, 4.69) is 0 Å². The Morgan fingerprint density at radius 2 is 1.73 bits per heavy atom. The summed E-state index contributed by atoms with van der Waals surface area (Å²) in [5.41, 5.74) is 0.164. The number of benzene rings is 2. The minimum absolute atomic E-state index is 0.172. The third-order valence-electron chi connectivity index (χ3n) is 2.79. The van der Waals surface area contributed by atoms with Crippen molar-refractivity contribution in [1.29, 1.82) is 0 Å². The van der Waals surface area contributed by atoms with Crippen LogP contribution in [-0.2, 0) is 0 Å². The van der Waals surface area contributed by atoms with Crippen molar-refractivity contribution in [3.63, 3.8) is 0 Å². The molecule has 116 valence electrons. The molecule has 6 heteroatoms. The van der Waals surface area contributed by atoms with Gasteiger partial charge >= 0.3 is 6.18 Å². The van der Waals surface area contributed by atoms with Crippen LogP contribution in [0.25, 0.3) is 5.57 Å². The fraction of sp³-hybridized carbons (Fsp3) is 0.125. The second-order valence-electron chi connectivity index (χ2n) is 4.42. The van der Waals surface area contributed by atoms with Crippen LogP contribution < -0.4 is 4.74 Å². The van der Waals surface area contributed by atoms with E-state index in [1.807, 2.05) is 0 Å². The maximum Gasteiger partial charge on any atom is 0.409 e. The zero-order valence-electron chi connectivity index (χ0n) is 11.1. The molecule has 0 aliphatic heterocycles. The van der Waals surface area contributed by atoms with Crippen LogP contribution in [-0.4, -0.2) is 11.6 Å². The first-order chi connectivity index (χ1) is 10.4. The van der Waals surface area contributed by atoms with Crippen molar-refractivity contribution in [2.75, 3.05) is 0 Å². The third kappa shape index (κ3) is 4.42. The lowest BCUT2D eigenvalue weighted by Crippen LogP contribution is -2.25. The number of allylic oxidation sites excluding steroid dienone is 1. The maximum atomic E-state index is 12.9. The quantitative estimate of drug-likeness (QED) is 0.492. The Morgan fingerprint density at radius 1 is 1.05 bits per heavy atom. The van der Waals surface area contributed by atoms with E-state index in [1.165, 1.54) is 18.2 Å². The zero-order chi connectivity index (χ0) is 16.2. The van der Waals surface area contributed by atoms with Crippen LogP contribution in [0.4, 0.5) is 13.2 Å². The molecular formula is C16H11Cl2F3O. The van der Waals surface area contributed by atoms with Gasteiger partial charge in [-0.3, -0.25) is 0 Å². The molecule has 0 saturated carbocycles. The molecule has 1 nitrogen and oxygen atoms in total. The lowest BCUT2D eigenvalue weighted by molar-refractivity contribution is -0.119. The van der Waals surface area contributed by atoms with Crippen molar-refractivity contribution in [3.8, 4) is 5.75 Å². The van der Waals surface area contributed by atoms with Gasteiger partial charge in [-0.15, -0.1) is 11.6 Å². The molecular weight excluding hydrogens is 336 g/mol. The van der Waals surface area contributed by atoms with Crippen LogP contribution in [0, 0.1) is 0 Å². The van der Waals surface area contributed by atoms with Crippen LogP contribution in [0.5, 0.6) is 5.75 Å². The summed E-state index contributed by atoms with van der Waals surface area (Å²) in [6.07, 6.45) is -3.58. The molecule has 0 amide bonds. The van der Waals surface area contributed by atoms with E-state index in [-0.39, 0.29) is 5.57 Å². The van der Waals surface area contributed by atoms with Gasteiger partial charge in [0.25, 0.3) is 0 Å². The number of ether oxygens (including phenoxy) is 1.